The Bertz CT molecular complexity index is 323. The van der Waals surface area contributed by atoms with Gasteiger partial charge in [-0.05, 0) is 12.0 Å². The van der Waals surface area contributed by atoms with Crippen molar-refractivity contribution in [2.45, 2.75) is 13.8 Å². The molecule has 78 valence electrons. The molecule has 14 heavy (non-hydrogen) atoms. The van der Waals surface area contributed by atoms with Gasteiger partial charge in [-0.15, -0.1) is 0 Å². The van der Waals surface area contributed by atoms with Gasteiger partial charge in [-0.3, -0.25) is 0 Å². The molecule has 0 atom stereocenters. The molecule has 0 unspecified atom stereocenters. The quantitative estimate of drug-likeness (QED) is 0.711. The van der Waals surface area contributed by atoms with Crippen LogP contribution in [0.1, 0.15) is 13.8 Å². The summed E-state index contributed by atoms with van der Waals surface area (Å²) in [6.07, 6.45) is 0. The van der Waals surface area contributed by atoms with Crippen LogP contribution in [0, 0.1) is 5.92 Å². The predicted octanol–water partition coefficient (Wildman–Crippen LogP) is 4.68. The number of rotatable bonds is 3. The lowest BCUT2D eigenvalue weighted by atomic mass is 10.2. The maximum atomic E-state index is 5.92. The van der Waals surface area contributed by atoms with Gasteiger partial charge in [0.1, 0.15) is 5.75 Å². The summed E-state index contributed by atoms with van der Waals surface area (Å²) in [4.78, 5) is 0. The van der Waals surface area contributed by atoms with Gasteiger partial charge in [0, 0.05) is 6.07 Å². The number of benzene rings is 1. The van der Waals surface area contributed by atoms with Crippen molar-refractivity contribution in [2.24, 2.45) is 5.92 Å². The zero-order valence-electron chi connectivity index (χ0n) is 7.98. The van der Waals surface area contributed by atoms with Gasteiger partial charge in [0.25, 0.3) is 0 Å². The summed E-state index contributed by atoms with van der Waals surface area (Å²) in [7, 11) is 0. The minimum atomic E-state index is 0.438. The third-order valence-corrected chi connectivity index (χ3v) is 2.56. The van der Waals surface area contributed by atoms with Gasteiger partial charge in [0.2, 0.25) is 0 Å². The van der Waals surface area contributed by atoms with Gasteiger partial charge in [-0.25, -0.2) is 0 Å². The molecular formula is C10H11Cl3O. The maximum Gasteiger partial charge on any atom is 0.139 e. The van der Waals surface area contributed by atoms with E-state index in [1.807, 2.05) is 0 Å². The molecule has 1 aromatic carbocycles. The van der Waals surface area contributed by atoms with Gasteiger partial charge < -0.3 is 4.74 Å². The third kappa shape index (κ3) is 3.23. The van der Waals surface area contributed by atoms with Crippen LogP contribution >= 0.6 is 34.8 Å². The van der Waals surface area contributed by atoms with Crippen LogP contribution in [0.25, 0.3) is 0 Å². The molecule has 0 radical (unpaired) electrons. The fourth-order valence-electron chi connectivity index (χ4n) is 0.871. The van der Waals surface area contributed by atoms with Crippen molar-refractivity contribution in [1.29, 1.82) is 0 Å². The molecule has 0 aliphatic rings. The van der Waals surface area contributed by atoms with Crippen LogP contribution in [-0.2, 0) is 0 Å². The molecule has 0 aromatic heterocycles. The normalized spacial score (nSPS) is 10.7. The van der Waals surface area contributed by atoms with E-state index in [1.165, 1.54) is 0 Å². The minimum absolute atomic E-state index is 0.438. The molecule has 1 rings (SSSR count). The van der Waals surface area contributed by atoms with Crippen LogP contribution in [-0.4, -0.2) is 6.61 Å². The Morgan fingerprint density at radius 2 is 1.64 bits per heavy atom. The van der Waals surface area contributed by atoms with Crippen molar-refractivity contribution in [1.82, 2.24) is 0 Å². The monoisotopic (exact) mass is 252 g/mol. The fraction of sp³-hybridized carbons (Fsp3) is 0.400. The van der Waals surface area contributed by atoms with E-state index in [4.69, 9.17) is 39.5 Å². The summed E-state index contributed by atoms with van der Waals surface area (Å²) in [6, 6.07) is 3.22. The second kappa shape index (κ2) is 5.11. The predicted molar refractivity (Wildman–Crippen MR) is 61.8 cm³/mol. The highest BCUT2D eigenvalue weighted by Gasteiger charge is 2.07. The van der Waals surface area contributed by atoms with Crippen LogP contribution < -0.4 is 4.74 Å². The lowest BCUT2D eigenvalue weighted by Crippen LogP contribution is -2.04. The first-order chi connectivity index (χ1) is 6.50. The summed E-state index contributed by atoms with van der Waals surface area (Å²) in [5.74, 6) is 1.02. The molecule has 1 nitrogen and oxygen atoms in total. The van der Waals surface area contributed by atoms with Crippen molar-refractivity contribution in [3.63, 3.8) is 0 Å². The van der Waals surface area contributed by atoms with Crippen molar-refractivity contribution in [3.05, 3.63) is 27.2 Å². The van der Waals surface area contributed by atoms with Gasteiger partial charge >= 0.3 is 0 Å². The summed E-state index contributed by atoms with van der Waals surface area (Å²) >= 11 is 17.5. The minimum Gasteiger partial charge on any atom is -0.492 e. The van der Waals surface area contributed by atoms with E-state index in [0.717, 1.165) is 0 Å². The third-order valence-electron chi connectivity index (χ3n) is 1.55. The van der Waals surface area contributed by atoms with E-state index in [9.17, 15) is 0 Å². The smallest absolute Gasteiger partial charge is 0.139 e. The highest BCUT2D eigenvalue weighted by atomic mass is 35.5. The first-order valence-corrected chi connectivity index (χ1v) is 5.41. The van der Waals surface area contributed by atoms with Crippen LogP contribution in [0.3, 0.4) is 0 Å². The van der Waals surface area contributed by atoms with Crippen molar-refractivity contribution >= 4 is 34.8 Å². The van der Waals surface area contributed by atoms with Crippen LogP contribution in [0.5, 0.6) is 5.75 Å². The molecule has 0 bridgehead atoms. The Morgan fingerprint density at radius 3 is 2.21 bits per heavy atom. The van der Waals surface area contributed by atoms with Crippen molar-refractivity contribution < 1.29 is 4.74 Å². The molecule has 0 aliphatic heterocycles. The van der Waals surface area contributed by atoms with E-state index in [-0.39, 0.29) is 0 Å². The number of hydrogen-bond acceptors (Lipinski definition) is 1. The fourth-order valence-corrected chi connectivity index (χ4v) is 1.46. The molecule has 0 saturated heterocycles. The molecule has 0 N–H and O–H groups in total. The molecule has 0 spiro atoms. The first kappa shape index (κ1) is 12.0. The zero-order valence-corrected chi connectivity index (χ0v) is 10.2. The summed E-state index contributed by atoms with van der Waals surface area (Å²) in [5, 5.41) is 1.38. The average molecular weight is 254 g/mol. The topological polar surface area (TPSA) is 9.23 Å². The highest BCUT2D eigenvalue weighted by Crippen LogP contribution is 2.33. The summed E-state index contributed by atoms with van der Waals surface area (Å²) in [5.41, 5.74) is 0. The van der Waals surface area contributed by atoms with Crippen LogP contribution in [0.2, 0.25) is 15.1 Å². The molecule has 0 aliphatic carbocycles. The molecular weight excluding hydrogens is 242 g/mol. The zero-order chi connectivity index (χ0) is 10.7. The van der Waals surface area contributed by atoms with Gasteiger partial charge in [-0.1, -0.05) is 48.7 Å². The van der Waals surface area contributed by atoms with Crippen molar-refractivity contribution in [2.75, 3.05) is 6.61 Å². The highest BCUT2D eigenvalue weighted by molar-refractivity contribution is 6.43. The Balaban J connectivity index is 2.82. The summed E-state index contributed by atoms with van der Waals surface area (Å²) < 4.78 is 5.46. The lowest BCUT2D eigenvalue weighted by molar-refractivity contribution is 0.271. The number of hydrogen-bond donors (Lipinski definition) is 0. The van der Waals surface area contributed by atoms with E-state index >= 15 is 0 Å². The van der Waals surface area contributed by atoms with Gasteiger partial charge in [-0.2, -0.15) is 0 Å². The SMILES string of the molecule is CC(C)COc1cc(Cl)c(Cl)cc1Cl. The molecule has 0 fully saturated rings. The number of halogens is 3. The second-order valence-electron chi connectivity index (χ2n) is 3.40. The molecule has 4 heteroatoms. The maximum absolute atomic E-state index is 5.92. The van der Waals surface area contributed by atoms with E-state index < -0.39 is 0 Å². The van der Waals surface area contributed by atoms with E-state index in [0.29, 0.717) is 33.3 Å². The Hall–Kier alpha value is -0.110. The van der Waals surface area contributed by atoms with E-state index in [2.05, 4.69) is 13.8 Å². The number of ether oxygens (including phenoxy) is 1. The van der Waals surface area contributed by atoms with Crippen LogP contribution in [0.4, 0.5) is 0 Å². The molecule has 0 amide bonds. The Morgan fingerprint density at radius 1 is 1.07 bits per heavy atom. The van der Waals surface area contributed by atoms with Gasteiger partial charge in [0.15, 0.2) is 0 Å². The van der Waals surface area contributed by atoms with Crippen LogP contribution in [0.15, 0.2) is 12.1 Å². The standard InChI is InChI=1S/C10H11Cl3O/c1-6(2)5-14-10-4-8(12)7(11)3-9(10)13/h3-4,6H,5H2,1-2H3. The van der Waals surface area contributed by atoms with E-state index in [1.54, 1.807) is 12.1 Å². The molecule has 1 aromatic rings. The van der Waals surface area contributed by atoms with Gasteiger partial charge in [0.05, 0.1) is 21.7 Å². The molecule has 0 saturated carbocycles. The Kier molecular flexibility index (Phi) is 4.36. The molecule has 0 heterocycles. The average Bonchev–Trinajstić information content (AvgIpc) is 2.09. The van der Waals surface area contributed by atoms with Crippen molar-refractivity contribution in [3.8, 4) is 5.75 Å². The summed E-state index contributed by atoms with van der Waals surface area (Å²) in [6.45, 7) is 4.73. The second-order valence-corrected chi connectivity index (χ2v) is 4.62. The Labute approximate surface area is 98.9 Å². The largest absolute Gasteiger partial charge is 0.492 e. The lowest BCUT2D eigenvalue weighted by Gasteiger charge is -2.10. The first-order valence-electron chi connectivity index (χ1n) is 4.28.